The molecule has 2 fully saturated rings. The Morgan fingerprint density at radius 3 is 2.88 bits per heavy atom. The molecule has 25 heavy (non-hydrogen) atoms. The zero-order valence-corrected chi connectivity index (χ0v) is 15.9. The van der Waals surface area contributed by atoms with Crippen molar-refractivity contribution in [3.63, 3.8) is 0 Å². The summed E-state index contributed by atoms with van der Waals surface area (Å²) >= 11 is 1.93. The Bertz CT molecular complexity index is 627. The average Bonchev–Trinajstić information content (AvgIpc) is 2.97. The second-order valence-electron chi connectivity index (χ2n) is 7.23. The molecule has 7 heteroatoms. The van der Waals surface area contributed by atoms with Gasteiger partial charge in [-0.3, -0.25) is 14.4 Å². The van der Waals surface area contributed by atoms with Crippen LogP contribution in [0.4, 0.5) is 0 Å². The average molecular weight is 365 g/mol. The van der Waals surface area contributed by atoms with Crippen LogP contribution in [0.2, 0.25) is 0 Å². The van der Waals surface area contributed by atoms with E-state index in [1.165, 1.54) is 29.8 Å². The molecule has 0 spiro atoms. The van der Waals surface area contributed by atoms with Gasteiger partial charge in [-0.05, 0) is 31.2 Å². The third kappa shape index (κ3) is 3.73. The largest absolute Gasteiger partial charge is 0.366 e. The van der Waals surface area contributed by atoms with Crippen molar-refractivity contribution in [3.05, 3.63) is 17.0 Å². The minimum absolute atomic E-state index is 0.178. The Morgan fingerprint density at radius 1 is 1.24 bits per heavy atom. The van der Waals surface area contributed by atoms with E-state index in [0.29, 0.717) is 13.2 Å². The highest BCUT2D eigenvalue weighted by Crippen LogP contribution is 2.25. The van der Waals surface area contributed by atoms with Crippen LogP contribution < -0.4 is 0 Å². The number of carbonyl (C=O) groups is 1. The number of ether oxygens (including phenoxy) is 1. The fraction of sp³-hybridized carbons (Fsp3) is 0.778. The summed E-state index contributed by atoms with van der Waals surface area (Å²) in [6, 6.07) is 0. The molecule has 2 saturated heterocycles. The number of thioether (sulfide) groups is 1. The van der Waals surface area contributed by atoms with Gasteiger partial charge in [-0.25, -0.2) is 0 Å². The molecule has 0 saturated carbocycles. The quantitative estimate of drug-likeness (QED) is 0.803. The van der Waals surface area contributed by atoms with Crippen molar-refractivity contribution in [2.24, 2.45) is 7.05 Å². The van der Waals surface area contributed by atoms with Crippen LogP contribution in [0.1, 0.15) is 29.8 Å². The van der Waals surface area contributed by atoms with Crippen molar-refractivity contribution in [1.82, 2.24) is 19.6 Å². The predicted molar refractivity (Wildman–Crippen MR) is 98.8 cm³/mol. The topological polar surface area (TPSA) is 50.6 Å². The smallest absolute Gasteiger partial charge is 0.253 e. The number of nitrogens with zero attached hydrogens (tertiary/aromatic N) is 4. The van der Waals surface area contributed by atoms with E-state index in [2.05, 4.69) is 16.6 Å². The number of hydrogen-bond acceptors (Lipinski definition) is 5. The Labute approximate surface area is 153 Å². The van der Waals surface area contributed by atoms with Crippen LogP contribution in [-0.4, -0.2) is 75.9 Å². The van der Waals surface area contributed by atoms with E-state index in [4.69, 9.17) is 9.84 Å². The van der Waals surface area contributed by atoms with Gasteiger partial charge in [-0.1, -0.05) is 0 Å². The molecule has 3 aliphatic rings. The van der Waals surface area contributed by atoms with Gasteiger partial charge < -0.3 is 9.64 Å². The molecule has 1 aliphatic carbocycles. The number of fused-ring (bicyclic) bond motifs is 1. The number of aromatic nitrogens is 2. The number of hydrogen-bond donors (Lipinski definition) is 0. The van der Waals surface area contributed by atoms with Crippen LogP contribution in [0.5, 0.6) is 0 Å². The lowest BCUT2D eigenvalue weighted by molar-refractivity contribution is -0.149. The fourth-order valence-electron chi connectivity index (χ4n) is 4.14. The molecule has 0 radical (unpaired) electrons. The van der Waals surface area contributed by atoms with Crippen molar-refractivity contribution >= 4 is 17.7 Å². The Balaban J connectivity index is 1.42. The summed E-state index contributed by atoms with van der Waals surface area (Å²) in [7, 11) is 2.06. The van der Waals surface area contributed by atoms with Gasteiger partial charge in [0.2, 0.25) is 0 Å². The van der Waals surface area contributed by atoms with E-state index >= 15 is 0 Å². The van der Waals surface area contributed by atoms with Gasteiger partial charge in [0.15, 0.2) is 0 Å². The van der Waals surface area contributed by atoms with Gasteiger partial charge in [-0.2, -0.15) is 16.9 Å². The van der Waals surface area contributed by atoms with E-state index in [1.807, 2.05) is 16.7 Å². The SMILES string of the molecule is Cn1nc2c(c1CN1CCOC(C(=O)N3CCSCC3)C1)CCCC2. The van der Waals surface area contributed by atoms with E-state index in [1.54, 1.807) is 0 Å². The van der Waals surface area contributed by atoms with Crippen LogP contribution in [0.25, 0.3) is 0 Å². The lowest BCUT2D eigenvalue weighted by Crippen LogP contribution is -2.52. The first-order chi connectivity index (χ1) is 12.2. The Morgan fingerprint density at radius 2 is 2.04 bits per heavy atom. The third-order valence-corrected chi connectivity index (χ3v) is 6.51. The molecule has 2 aliphatic heterocycles. The molecular weight excluding hydrogens is 336 g/mol. The summed E-state index contributed by atoms with van der Waals surface area (Å²) in [5.41, 5.74) is 4.07. The molecule has 1 atom stereocenters. The van der Waals surface area contributed by atoms with E-state index in [0.717, 1.165) is 50.5 Å². The molecule has 1 amide bonds. The van der Waals surface area contributed by atoms with Crippen molar-refractivity contribution in [1.29, 1.82) is 0 Å². The van der Waals surface area contributed by atoms with Crippen LogP contribution in [-0.2, 0) is 36.0 Å². The predicted octanol–water partition coefficient (Wildman–Crippen LogP) is 1.08. The van der Waals surface area contributed by atoms with Crippen molar-refractivity contribution in [3.8, 4) is 0 Å². The molecule has 0 bridgehead atoms. The molecular formula is C18H28N4O2S. The molecule has 3 heterocycles. The molecule has 1 aromatic rings. The molecule has 1 aromatic heterocycles. The summed E-state index contributed by atoms with van der Waals surface area (Å²) in [5, 5.41) is 4.73. The minimum atomic E-state index is -0.305. The monoisotopic (exact) mass is 364 g/mol. The lowest BCUT2D eigenvalue weighted by atomic mass is 9.95. The van der Waals surface area contributed by atoms with Gasteiger partial charge in [0, 0.05) is 51.3 Å². The highest BCUT2D eigenvalue weighted by Gasteiger charge is 2.32. The Hall–Kier alpha value is -1.05. The van der Waals surface area contributed by atoms with Gasteiger partial charge in [0.1, 0.15) is 6.10 Å². The third-order valence-electron chi connectivity index (χ3n) is 5.57. The van der Waals surface area contributed by atoms with Crippen LogP contribution in [0, 0.1) is 0 Å². The summed E-state index contributed by atoms with van der Waals surface area (Å²) in [6.07, 6.45) is 4.48. The van der Waals surface area contributed by atoms with Crippen LogP contribution in [0.15, 0.2) is 0 Å². The zero-order chi connectivity index (χ0) is 17.2. The number of carbonyl (C=O) groups excluding carboxylic acids is 1. The number of morpholine rings is 1. The second kappa shape index (κ2) is 7.68. The number of amides is 1. The maximum absolute atomic E-state index is 12.7. The maximum Gasteiger partial charge on any atom is 0.253 e. The van der Waals surface area contributed by atoms with Crippen molar-refractivity contribution in [2.75, 3.05) is 44.3 Å². The normalized spacial score (nSPS) is 25.0. The lowest BCUT2D eigenvalue weighted by Gasteiger charge is -2.36. The zero-order valence-electron chi connectivity index (χ0n) is 15.1. The first-order valence-corrected chi connectivity index (χ1v) is 10.6. The summed E-state index contributed by atoms with van der Waals surface area (Å²) < 4.78 is 7.88. The summed E-state index contributed by atoms with van der Waals surface area (Å²) in [6.45, 7) is 4.82. The first kappa shape index (κ1) is 17.4. The van der Waals surface area contributed by atoms with Gasteiger partial charge in [0.25, 0.3) is 5.91 Å². The van der Waals surface area contributed by atoms with Gasteiger partial charge >= 0.3 is 0 Å². The van der Waals surface area contributed by atoms with E-state index in [9.17, 15) is 4.79 Å². The van der Waals surface area contributed by atoms with Crippen molar-refractivity contribution in [2.45, 2.75) is 38.3 Å². The van der Waals surface area contributed by atoms with Gasteiger partial charge in [-0.15, -0.1) is 0 Å². The molecule has 4 rings (SSSR count). The Kier molecular flexibility index (Phi) is 5.33. The van der Waals surface area contributed by atoms with E-state index in [-0.39, 0.29) is 12.0 Å². The van der Waals surface area contributed by atoms with E-state index < -0.39 is 0 Å². The molecule has 6 nitrogen and oxygen atoms in total. The van der Waals surface area contributed by atoms with Crippen molar-refractivity contribution < 1.29 is 9.53 Å². The maximum atomic E-state index is 12.7. The second-order valence-corrected chi connectivity index (χ2v) is 8.46. The standard InChI is InChI=1S/C18H28N4O2S/c1-20-16(14-4-2-3-5-15(14)19-20)12-21-6-9-24-17(13-21)18(23)22-7-10-25-11-8-22/h17H,2-13H2,1H3. The minimum Gasteiger partial charge on any atom is -0.366 e. The molecule has 0 N–H and O–H groups in total. The van der Waals surface area contributed by atoms with Crippen LogP contribution >= 0.6 is 11.8 Å². The highest BCUT2D eigenvalue weighted by molar-refractivity contribution is 7.99. The van der Waals surface area contributed by atoms with Gasteiger partial charge in [0.05, 0.1) is 18.0 Å². The summed E-state index contributed by atoms with van der Waals surface area (Å²) in [4.78, 5) is 17.1. The number of rotatable bonds is 3. The molecule has 1 unspecified atom stereocenters. The fourth-order valence-corrected chi connectivity index (χ4v) is 5.04. The van der Waals surface area contributed by atoms with Crippen LogP contribution in [0.3, 0.4) is 0 Å². The molecule has 0 aromatic carbocycles. The summed E-state index contributed by atoms with van der Waals surface area (Å²) in [5.74, 6) is 2.27. The number of aryl methyl sites for hydroxylation is 2. The highest BCUT2D eigenvalue weighted by atomic mass is 32.2. The first-order valence-electron chi connectivity index (χ1n) is 9.46. The molecule has 138 valence electrons.